The lowest BCUT2D eigenvalue weighted by atomic mass is 9.94. The van der Waals surface area contributed by atoms with Crippen LogP contribution in [0.3, 0.4) is 0 Å². The molecule has 0 radical (unpaired) electrons. The molecule has 0 aliphatic carbocycles. The number of carbonyl (C=O) groups excluding carboxylic acids is 1. The number of amides is 2. The number of carbonyl (C=O) groups is 2. The molecule has 80 valence electrons. The first-order valence-electron chi connectivity index (χ1n) is 4.92. The molecule has 0 aromatic rings. The van der Waals surface area contributed by atoms with Crippen LogP contribution in [0.5, 0.6) is 0 Å². The molecular weight excluding hydrogens is 184 g/mol. The van der Waals surface area contributed by atoms with Crippen LogP contribution in [0.4, 0.5) is 4.79 Å². The average molecular weight is 200 g/mol. The maximum Gasteiger partial charge on any atom is 0.315 e. The van der Waals surface area contributed by atoms with E-state index in [2.05, 4.69) is 10.6 Å². The van der Waals surface area contributed by atoms with Gasteiger partial charge in [0.1, 0.15) is 0 Å². The third-order valence-corrected chi connectivity index (χ3v) is 2.47. The van der Waals surface area contributed by atoms with Crippen molar-refractivity contribution in [2.75, 3.05) is 6.54 Å². The lowest BCUT2D eigenvalue weighted by molar-refractivity contribution is -0.142. The second-order valence-electron chi connectivity index (χ2n) is 3.55. The summed E-state index contributed by atoms with van der Waals surface area (Å²) in [6.45, 7) is 2.43. The minimum Gasteiger partial charge on any atom is -0.481 e. The summed E-state index contributed by atoms with van der Waals surface area (Å²) in [7, 11) is 0. The topological polar surface area (TPSA) is 78.4 Å². The highest BCUT2D eigenvalue weighted by Gasteiger charge is 2.32. The summed E-state index contributed by atoms with van der Waals surface area (Å²) in [6, 6.07) is -0.524. The Morgan fingerprint density at radius 3 is 2.86 bits per heavy atom. The summed E-state index contributed by atoms with van der Waals surface area (Å²) >= 11 is 0. The van der Waals surface area contributed by atoms with Crippen LogP contribution >= 0.6 is 0 Å². The van der Waals surface area contributed by atoms with Crippen LogP contribution in [0, 0.1) is 5.92 Å². The second kappa shape index (κ2) is 4.83. The molecule has 0 bridgehead atoms. The van der Waals surface area contributed by atoms with Gasteiger partial charge in [-0.15, -0.1) is 0 Å². The molecule has 1 aliphatic rings. The summed E-state index contributed by atoms with van der Waals surface area (Å²) in [4.78, 5) is 21.8. The summed E-state index contributed by atoms with van der Waals surface area (Å²) in [5.74, 6) is -1.29. The molecule has 2 amide bonds. The summed E-state index contributed by atoms with van der Waals surface area (Å²) in [5.41, 5.74) is 0. The summed E-state index contributed by atoms with van der Waals surface area (Å²) < 4.78 is 0. The second-order valence-corrected chi connectivity index (χ2v) is 3.55. The van der Waals surface area contributed by atoms with Crippen molar-refractivity contribution >= 4 is 12.0 Å². The number of unbranched alkanes of at least 4 members (excludes halogenated alkanes) is 1. The Balaban J connectivity index is 2.49. The fourth-order valence-electron chi connectivity index (χ4n) is 1.64. The Labute approximate surface area is 82.9 Å². The van der Waals surface area contributed by atoms with Crippen molar-refractivity contribution < 1.29 is 14.7 Å². The number of nitrogens with one attached hydrogen (secondary N) is 2. The van der Waals surface area contributed by atoms with E-state index in [0.29, 0.717) is 13.0 Å². The molecule has 3 N–H and O–H groups in total. The quantitative estimate of drug-likeness (QED) is 0.606. The van der Waals surface area contributed by atoms with Crippen LogP contribution in [0.1, 0.15) is 26.2 Å². The monoisotopic (exact) mass is 200 g/mol. The number of aliphatic carboxylic acids is 1. The fraction of sp³-hybridized carbons (Fsp3) is 0.778. The van der Waals surface area contributed by atoms with Crippen molar-refractivity contribution in [2.45, 2.75) is 32.2 Å². The van der Waals surface area contributed by atoms with E-state index >= 15 is 0 Å². The highest BCUT2D eigenvalue weighted by molar-refractivity contribution is 5.79. The zero-order valence-electron chi connectivity index (χ0n) is 8.25. The van der Waals surface area contributed by atoms with Gasteiger partial charge >= 0.3 is 12.0 Å². The van der Waals surface area contributed by atoms with Crippen LogP contribution in [-0.4, -0.2) is 29.7 Å². The molecule has 0 aromatic heterocycles. The lowest BCUT2D eigenvalue weighted by Crippen LogP contribution is -2.38. The number of carboxylic acids is 1. The highest BCUT2D eigenvalue weighted by Crippen LogP contribution is 2.15. The van der Waals surface area contributed by atoms with Gasteiger partial charge in [0.15, 0.2) is 0 Å². The molecule has 1 rings (SSSR count). The van der Waals surface area contributed by atoms with Crippen molar-refractivity contribution in [3.8, 4) is 0 Å². The Hall–Kier alpha value is -1.26. The van der Waals surface area contributed by atoms with Crippen molar-refractivity contribution in [3.63, 3.8) is 0 Å². The molecule has 5 nitrogen and oxygen atoms in total. The Bertz CT molecular complexity index is 230. The van der Waals surface area contributed by atoms with Crippen molar-refractivity contribution in [2.24, 2.45) is 5.92 Å². The van der Waals surface area contributed by atoms with E-state index < -0.39 is 11.9 Å². The van der Waals surface area contributed by atoms with Gasteiger partial charge in [-0.3, -0.25) is 4.79 Å². The molecule has 1 saturated heterocycles. The van der Waals surface area contributed by atoms with Crippen LogP contribution in [-0.2, 0) is 4.79 Å². The Morgan fingerprint density at radius 1 is 1.71 bits per heavy atom. The van der Waals surface area contributed by atoms with Crippen LogP contribution in [0.25, 0.3) is 0 Å². The van der Waals surface area contributed by atoms with Crippen molar-refractivity contribution in [1.82, 2.24) is 10.6 Å². The van der Waals surface area contributed by atoms with Crippen LogP contribution in [0.2, 0.25) is 0 Å². The van der Waals surface area contributed by atoms with Gasteiger partial charge in [0, 0.05) is 6.54 Å². The predicted octanol–water partition coefficient (Wildman–Crippen LogP) is 0.559. The lowest BCUT2D eigenvalue weighted by Gasteiger charge is -2.17. The molecular formula is C9H16N2O3. The van der Waals surface area contributed by atoms with Gasteiger partial charge in [0.2, 0.25) is 0 Å². The SMILES string of the molecule is CCCCC(C(=O)O)C1CNC(=O)N1. The van der Waals surface area contributed by atoms with E-state index in [-0.39, 0.29) is 12.1 Å². The first kappa shape index (κ1) is 10.8. The van der Waals surface area contributed by atoms with E-state index in [0.717, 1.165) is 12.8 Å². The number of hydrogen-bond acceptors (Lipinski definition) is 2. The molecule has 0 spiro atoms. The number of hydrogen-bond donors (Lipinski definition) is 3. The highest BCUT2D eigenvalue weighted by atomic mass is 16.4. The van der Waals surface area contributed by atoms with Crippen molar-refractivity contribution in [3.05, 3.63) is 0 Å². The smallest absolute Gasteiger partial charge is 0.315 e. The maximum atomic E-state index is 10.9. The molecule has 1 fully saturated rings. The molecule has 14 heavy (non-hydrogen) atoms. The van der Waals surface area contributed by atoms with E-state index in [1.807, 2.05) is 6.92 Å². The molecule has 0 saturated carbocycles. The Kier molecular flexibility index (Phi) is 3.73. The largest absolute Gasteiger partial charge is 0.481 e. The average Bonchev–Trinajstić information content (AvgIpc) is 2.52. The van der Waals surface area contributed by atoms with Crippen molar-refractivity contribution in [1.29, 1.82) is 0 Å². The Morgan fingerprint density at radius 2 is 2.43 bits per heavy atom. The normalized spacial score (nSPS) is 22.6. The predicted molar refractivity (Wildman–Crippen MR) is 51.0 cm³/mol. The summed E-state index contributed by atoms with van der Waals surface area (Å²) in [5, 5.41) is 14.1. The summed E-state index contributed by atoms with van der Waals surface area (Å²) in [6.07, 6.45) is 2.47. The van der Waals surface area contributed by atoms with Gasteiger partial charge in [-0.05, 0) is 6.42 Å². The maximum absolute atomic E-state index is 10.9. The fourth-order valence-corrected chi connectivity index (χ4v) is 1.64. The van der Waals surface area contributed by atoms with Gasteiger partial charge in [0.25, 0.3) is 0 Å². The zero-order valence-corrected chi connectivity index (χ0v) is 8.25. The van der Waals surface area contributed by atoms with Crippen LogP contribution in [0.15, 0.2) is 0 Å². The van der Waals surface area contributed by atoms with Crippen LogP contribution < -0.4 is 10.6 Å². The number of urea groups is 1. The molecule has 0 aromatic carbocycles. The zero-order chi connectivity index (χ0) is 10.6. The van der Waals surface area contributed by atoms with Gasteiger partial charge in [-0.25, -0.2) is 4.79 Å². The third-order valence-electron chi connectivity index (χ3n) is 2.47. The van der Waals surface area contributed by atoms with E-state index in [9.17, 15) is 9.59 Å². The molecule has 2 atom stereocenters. The van der Waals surface area contributed by atoms with Gasteiger partial charge in [-0.1, -0.05) is 19.8 Å². The minimum atomic E-state index is -0.826. The number of rotatable bonds is 5. The van der Waals surface area contributed by atoms with Gasteiger partial charge in [0.05, 0.1) is 12.0 Å². The first-order valence-corrected chi connectivity index (χ1v) is 4.92. The molecule has 1 heterocycles. The number of carboxylic acid groups (broad SMARTS) is 1. The third kappa shape index (κ3) is 2.61. The standard InChI is InChI=1S/C9H16N2O3/c1-2-3-4-6(8(12)13)7-5-10-9(14)11-7/h6-7H,2-5H2,1H3,(H,12,13)(H2,10,11,14). The van der Waals surface area contributed by atoms with E-state index in [4.69, 9.17) is 5.11 Å². The van der Waals surface area contributed by atoms with E-state index in [1.165, 1.54) is 0 Å². The van der Waals surface area contributed by atoms with Gasteiger partial charge < -0.3 is 15.7 Å². The molecule has 2 unspecified atom stereocenters. The van der Waals surface area contributed by atoms with Gasteiger partial charge in [-0.2, -0.15) is 0 Å². The minimum absolute atomic E-state index is 0.258. The first-order chi connectivity index (χ1) is 6.65. The molecule has 1 aliphatic heterocycles. The molecule has 5 heteroatoms. The van der Waals surface area contributed by atoms with E-state index in [1.54, 1.807) is 0 Å².